The van der Waals surface area contributed by atoms with Crippen molar-refractivity contribution in [2.24, 2.45) is 5.92 Å². The molecule has 0 heterocycles. The van der Waals surface area contributed by atoms with E-state index in [1.54, 1.807) is 7.11 Å². The van der Waals surface area contributed by atoms with E-state index in [1.807, 2.05) is 0 Å². The van der Waals surface area contributed by atoms with Gasteiger partial charge in [0.25, 0.3) is 0 Å². The molecule has 0 spiro atoms. The van der Waals surface area contributed by atoms with E-state index in [9.17, 15) is 0 Å². The summed E-state index contributed by atoms with van der Waals surface area (Å²) in [6.45, 7) is 8.64. The first kappa shape index (κ1) is 16.2. The van der Waals surface area contributed by atoms with E-state index in [2.05, 4.69) is 56.4 Å². The van der Waals surface area contributed by atoms with Crippen molar-refractivity contribution in [1.82, 2.24) is 5.32 Å². The van der Waals surface area contributed by atoms with Gasteiger partial charge in [-0.2, -0.15) is 0 Å². The van der Waals surface area contributed by atoms with Gasteiger partial charge in [0.1, 0.15) is 0 Å². The van der Waals surface area contributed by atoms with Gasteiger partial charge in [-0.25, -0.2) is 0 Å². The highest BCUT2D eigenvalue weighted by molar-refractivity contribution is 5.20. The lowest BCUT2D eigenvalue weighted by Crippen LogP contribution is -2.37. The van der Waals surface area contributed by atoms with Gasteiger partial charge in [-0.3, -0.25) is 0 Å². The monoisotopic (exact) mass is 263 g/mol. The van der Waals surface area contributed by atoms with Crippen molar-refractivity contribution >= 4 is 0 Å². The highest BCUT2D eigenvalue weighted by atomic mass is 16.5. The molecule has 0 aliphatic rings. The van der Waals surface area contributed by atoms with Gasteiger partial charge < -0.3 is 10.1 Å². The second kappa shape index (κ2) is 9.11. The summed E-state index contributed by atoms with van der Waals surface area (Å²) < 4.78 is 5.29. The molecule has 19 heavy (non-hydrogen) atoms. The van der Waals surface area contributed by atoms with Crippen LogP contribution in [0.2, 0.25) is 0 Å². The first-order valence-corrected chi connectivity index (χ1v) is 7.46. The maximum absolute atomic E-state index is 5.29. The normalized spacial score (nSPS) is 14.6. The molecule has 1 aromatic carbocycles. The summed E-state index contributed by atoms with van der Waals surface area (Å²) in [5, 5.41) is 3.68. The summed E-state index contributed by atoms with van der Waals surface area (Å²) in [4.78, 5) is 0. The van der Waals surface area contributed by atoms with Crippen LogP contribution in [0.1, 0.15) is 45.1 Å². The zero-order chi connectivity index (χ0) is 14.1. The minimum absolute atomic E-state index is 0.472. The number of benzene rings is 1. The molecule has 0 aromatic heterocycles. The van der Waals surface area contributed by atoms with Crippen molar-refractivity contribution < 1.29 is 4.74 Å². The Balaban J connectivity index is 2.59. The Kier molecular flexibility index (Phi) is 7.76. The van der Waals surface area contributed by atoms with Crippen LogP contribution in [0, 0.1) is 5.92 Å². The molecule has 0 aliphatic carbocycles. The smallest absolute Gasteiger partial charge is 0.0615 e. The molecule has 0 aliphatic heterocycles. The standard InChI is InChI=1S/C17H29NO/c1-5-9-16(13-19-4)18-12-17(14(2)3)15-10-7-6-8-11-15/h6-8,10-11,14,16-18H,5,9,12-13H2,1-4H3. The number of ether oxygens (including phenoxy) is 1. The second-order valence-corrected chi connectivity index (χ2v) is 5.61. The summed E-state index contributed by atoms with van der Waals surface area (Å²) in [5.74, 6) is 1.21. The molecule has 1 aromatic rings. The van der Waals surface area contributed by atoms with E-state index in [1.165, 1.54) is 18.4 Å². The molecule has 0 fully saturated rings. The lowest BCUT2D eigenvalue weighted by molar-refractivity contribution is 0.160. The van der Waals surface area contributed by atoms with Crippen LogP contribution >= 0.6 is 0 Å². The maximum atomic E-state index is 5.29. The number of rotatable bonds is 9. The molecule has 2 nitrogen and oxygen atoms in total. The number of nitrogens with one attached hydrogen (secondary N) is 1. The van der Waals surface area contributed by atoms with Gasteiger partial charge in [-0.05, 0) is 23.8 Å². The number of hydrogen-bond acceptors (Lipinski definition) is 2. The van der Waals surface area contributed by atoms with Crippen LogP contribution in [0.5, 0.6) is 0 Å². The number of hydrogen-bond donors (Lipinski definition) is 1. The van der Waals surface area contributed by atoms with Crippen molar-refractivity contribution in [3.63, 3.8) is 0 Å². The Morgan fingerprint density at radius 2 is 1.84 bits per heavy atom. The molecule has 1 rings (SSSR count). The van der Waals surface area contributed by atoms with Crippen molar-refractivity contribution in [3.05, 3.63) is 35.9 Å². The Morgan fingerprint density at radius 1 is 1.16 bits per heavy atom. The largest absolute Gasteiger partial charge is 0.383 e. The molecule has 0 saturated heterocycles. The average Bonchev–Trinajstić information content (AvgIpc) is 2.40. The van der Waals surface area contributed by atoms with Gasteiger partial charge in [0.15, 0.2) is 0 Å². The van der Waals surface area contributed by atoms with Gasteiger partial charge in [0, 0.05) is 19.7 Å². The van der Waals surface area contributed by atoms with E-state index in [4.69, 9.17) is 4.74 Å². The fraction of sp³-hybridized carbons (Fsp3) is 0.647. The molecule has 1 N–H and O–H groups in total. The minimum Gasteiger partial charge on any atom is -0.383 e. The molecule has 0 bridgehead atoms. The van der Waals surface area contributed by atoms with Crippen LogP contribution < -0.4 is 5.32 Å². The summed E-state index contributed by atoms with van der Waals surface area (Å²) in [6, 6.07) is 11.3. The molecule has 2 unspecified atom stereocenters. The van der Waals surface area contributed by atoms with E-state index in [-0.39, 0.29) is 0 Å². The SMILES string of the molecule is CCCC(COC)NCC(c1ccccc1)C(C)C. The number of methoxy groups -OCH3 is 1. The van der Waals surface area contributed by atoms with E-state index < -0.39 is 0 Å². The zero-order valence-corrected chi connectivity index (χ0v) is 12.9. The van der Waals surface area contributed by atoms with Gasteiger partial charge in [-0.15, -0.1) is 0 Å². The van der Waals surface area contributed by atoms with Crippen molar-refractivity contribution in [1.29, 1.82) is 0 Å². The first-order chi connectivity index (χ1) is 9.19. The fourth-order valence-electron chi connectivity index (χ4n) is 2.53. The quantitative estimate of drug-likeness (QED) is 0.731. The summed E-state index contributed by atoms with van der Waals surface area (Å²) in [7, 11) is 1.78. The van der Waals surface area contributed by atoms with Crippen LogP contribution in [0.15, 0.2) is 30.3 Å². The van der Waals surface area contributed by atoms with Crippen LogP contribution in [-0.4, -0.2) is 26.3 Å². The Labute approximate surface area is 118 Å². The maximum Gasteiger partial charge on any atom is 0.0615 e. The first-order valence-electron chi connectivity index (χ1n) is 7.46. The van der Waals surface area contributed by atoms with Crippen molar-refractivity contribution in [3.8, 4) is 0 Å². The zero-order valence-electron chi connectivity index (χ0n) is 12.9. The third-order valence-corrected chi connectivity index (χ3v) is 3.66. The Hall–Kier alpha value is -0.860. The summed E-state index contributed by atoms with van der Waals surface area (Å²) >= 11 is 0. The molecule has 0 radical (unpaired) electrons. The molecule has 2 heteroatoms. The minimum atomic E-state index is 0.472. The fourth-order valence-corrected chi connectivity index (χ4v) is 2.53. The van der Waals surface area contributed by atoms with Crippen LogP contribution in [-0.2, 0) is 4.74 Å². The molecule has 0 saturated carbocycles. The van der Waals surface area contributed by atoms with Crippen molar-refractivity contribution in [2.75, 3.05) is 20.3 Å². The molecule has 2 atom stereocenters. The third kappa shape index (κ3) is 5.75. The van der Waals surface area contributed by atoms with Gasteiger partial charge >= 0.3 is 0 Å². The molecule has 108 valence electrons. The molecule has 0 amide bonds. The topological polar surface area (TPSA) is 21.3 Å². The summed E-state index contributed by atoms with van der Waals surface area (Å²) in [6.07, 6.45) is 2.37. The van der Waals surface area contributed by atoms with E-state index >= 15 is 0 Å². The van der Waals surface area contributed by atoms with Gasteiger partial charge in [0.05, 0.1) is 6.61 Å². The van der Waals surface area contributed by atoms with Gasteiger partial charge in [0.2, 0.25) is 0 Å². The predicted molar refractivity (Wildman–Crippen MR) is 82.6 cm³/mol. The van der Waals surface area contributed by atoms with Crippen LogP contribution in [0.3, 0.4) is 0 Å². The Bertz CT molecular complexity index is 317. The average molecular weight is 263 g/mol. The highest BCUT2D eigenvalue weighted by Crippen LogP contribution is 2.23. The van der Waals surface area contributed by atoms with E-state index in [0.29, 0.717) is 17.9 Å². The van der Waals surface area contributed by atoms with Crippen molar-refractivity contribution in [2.45, 2.75) is 45.6 Å². The van der Waals surface area contributed by atoms with E-state index in [0.717, 1.165) is 13.2 Å². The molecular formula is C17H29NO. The lowest BCUT2D eigenvalue weighted by atomic mass is 9.88. The second-order valence-electron chi connectivity index (χ2n) is 5.61. The molecular weight excluding hydrogens is 234 g/mol. The third-order valence-electron chi connectivity index (χ3n) is 3.66. The van der Waals surface area contributed by atoms with Crippen LogP contribution in [0.25, 0.3) is 0 Å². The van der Waals surface area contributed by atoms with Gasteiger partial charge in [-0.1, -0.05) is 57.5 Å². The Morgan fingerprint density at radius 3 is 2.37 bits per heavy atom. The highest BCUT2D eigenvalue weighted by Gasteiger charge is 2.17. The predicted octanol–water partition coefficient (Wildman–Crippen LogP) is 3.83. The summed E-state index contributed by atoms with van der Waals surface area (Å²) in [5.41, 5.74) is 1.43. The van der Waals surface area contributed by atoms with Crippen LogP contribution in [0.4, 0.5) is 0 Å². The lowest BCUT2D eigenvalue weighted by Gasteiger charge is -2.25.